The van der Waals surface area contributed by atoms with Crippen LogP contribution in [0, 0.1) is 16.0 Å². The predicted octanol–water partition coefficient (Wildman–Crippen LogP) is 1.70. The molecular weight excluding hydrogens is 224 g/mol. The number of hydrogen-bond donors (Lipinski definition) is 1. The molecule has 2 heterocycles. The van der Waals surface area contributed by atoms with E-state index in [-0.39, 0.29) is 5.88 Å². The standard InChI is InChI=1S/C11H16N2O4/c1-8(9-4-5-16-7-9)12-6-10-2-3-11(17-10)13(14)15/h2-3,8-9,12H,4-7H2,1H3. The summed E-state index contributed by atoms with van der Waals surface area (Å²) in [6, 6.07) is 3.32. The Hall–Kier alpha value is -1.40. The summed E-state index contributed by atoms with van der Waals surface area (Å²) in [5, 5.41) is 13.7. The van der Waals surface area contributed by atoms with E-state index in [0.29, 0.717) is 24.3 Å². The lowest BCUT2D eigenvalue weighted by atomic mass is 10.0. The van der Waals surface area contributed by atoms with Crippen LogP contribution in [0.15, 0.2) is 16.5 Å². The van der Waals surface area contributed by atoms with Gasteiger partial charge in [-0.25, -0.2) is 0 Å². The van der Waals surface area contributed by atoms with Gasteiger partial charge >= 0.3 is 5.88 Å². The van der Waals surface area contributed by atoms with Gasteiger partial charge in [-0.15, -0.1) is 0 Å². The summed E-state index contributed by atoms with van der Waals surface area (Å²) in [4.78, 5) is 9.91. The average Bonchev–Trinajstić information content (AvgIpc) is 2.97. The number of nitrogens with one attached hydrogen (secondary N) is 1. The van der Waals surface area contributed by atoms with Gasteiger partial charge in [0.15, 0.2) is 0 Å². The lowest BCUT2D eigenvalue weighted by Gasteiger charge is -2.18. The summed E-state index contributed by atoms with van der Waals surface area (Å²) in [5.74, 6) is 0.890. The van der Waals surface area contributed by atoms with Crippen molar-refractivity contribution in [2.24, 2.45) is 5.92 Å². The van der Waals surface area contributed by atoms with Crippen LogP contribution in [0.4, 0.5) is 5.88 Å². The molecule has 6 nitrogen and oxygen atoms in total. The summed E-state index contributed by atoms with van der Waals surface area (Å²) >= 11 is 0. The molecular formula is C11H16N2O4. The molecule has 2 unspecified atom stereocenters. The predicted molar refractivity (Wildman–Crippen MR) is 60.6 cm³/mol. The Morgan fingerprint density at radius 3 is 3.06 bits per heavy atom. The molecule has 1 aliphatic rings. The van der Waals surface area contributed by atoms with Crippen LogP contribution >= 0.6 is 0 Å². The van der Waals surface area contributed by atoms with Gasteiger partial charge in [-0.1, -0.05) is 0 Å². The van der Waals surface area contributed by atoms with E-state index in [0.717, 1.165) is 19.6 Å². The third-order valence-electron chi connectivity index (χ3n) is 3.10. The van der Waals surface area contributed by atoms with Crippen molar-refractivity contribution in [3.05, 3.63) is 28.0 Å². The molecule has 0 aromatic carbocycles. The Bertz CT molecular complexity index is 385. The number of hydrogen-bond acceptors (Lipinski definition) is 5. The molecule has 1 fully saturated rings. The van der Waals surface area contributed by atoms with E-state index in [2.05, 4.69) is 12.2 Å². The highest BCUT2D eigenvalue weighted by molar-refractivity contribution is 5.17. The first kappa shape index (κ1) is 12.1. The first-order valence-electron chi connectivity index (χ1n) is 5.71. The third-order valence-corrected chi connectivity index (χ3v) is 3.10. The van der Waals surface area contributed by atoms with E-state index in [9.17, 15) is 10.1 Å². The van der Waals surface area contributed by atoms with Crippen LogP contribution in [0.25, 0.3) is 0 Å². The van der Waals surface area contributed by atoms with Crippen molar-refractivity contribution in [1.29, 1.82) is 0 Å². The molecule has 1 aromatic heterocycles. The van der Waals surface area contributed by atoms with Gasteiger partial charge in [-0.3, -0.25) is 10.1 Å². The third kappa shape index (κ3) is 3.04. The van der Waals surface area contributed by atoms with Crippen LogP contribution in [0.1, 0.15) is 19.1 Å². The van der Waals surface area contributed by atoms with Gasteiger partial charge < -0.3 is 14.5 Å². The quantitative estimate of drug-likeness (QED) is 0.626. The zero-order chi connectivity index (χ0) is 12.3. The first-order valence-corrected chi connectivity index (χ1v) is 5.71. The minimum Gasteiger partial charge on any atom is -0.404 e. The number of ether oxygens (including phenoxy) is 1. The zero-order valence-corrected chi connectivity index (χ0v) is 9.72. The molecule has 2 atom stereocenters. The second kappa shape index (κ2) is 5.29. The highest BCUT2D eigenvalue weighted by atomic mass is 16.6. The van der Waals surface area contributed by atoms with Crippen LogP contribution in [-0.4, -0.2) is 24.2 Å². The van der Waals surface area contributed by atoms with Crippen LogP contribution in [0.2, 0.25) is 0 Å². The summed E-state index contributed by atoms with van der Waals surface area (Å²) in [5.41, 5.74) is 0. The molecule has 94 valence electrons. The molecule has 1 N–H and O–H groups in total. The summed E-state index contributed by atoms with van der Waals surface area (Å²) in [7, 11) is 0. The maximum absolute atomic E-state index is 10.4. The van der Waals surface area contributed by atoms with Crippen molar-refractivity contribution < 1.29 is 14.1 Å². The fraction of sp³-hybridized carbons (Fsp3) is 0.636. The molecule has 0 spiro atoms. The maximum Gasteiger partial charge on any atom is 0.433 e. The van der Waals surface area contributed by atoms with E-state index in [1.54, 1.807) is 6.07 Å². The minimum absolute atomic E-state index is 0.210. The summed E-state index contributed by atoms with van der Waals surface area (Å²) < 4.78 is 10.4. The van der Waals surface area contributed by atoms with Crippen molar-refractivity contribution in [3.63, 3.8) is 0 Å². The van der Waals surface area contributed by atoms with Crippen LogP contribution in [0.5, 0.6) is 0 Å². The molecule has 0 saturated carbocycles. The van der Waals surface area contributed by atoms with Gasteiger partial charge in [0.25, 0.3) is 0 Å². The monoisotopic (exact) mass is 240 g/mol. The second-order valence-electron chi connectivity index (χ2n) is 4.29. The Morgan fingerprint density at radius 1 is 1.65 bits per heavy atom. The van der Waals surface area contributed by atoms with Crippen molar-refractivity contribution in [1.82, 2.24) is 5.32 Å². The van der Waals surface area contributed by atoms with Crippen molar-refractivity contribution in [2.45, 2.75) is 25.9 Å². The van der Waals surface area contributed by atoms with E-state index in [1.807, 2.05) is 0 Å². The number of nitrogens with zero attached hydrogens (tertiary/aromatic N) is 1. The molecule has 1 aromatic rings. The van der Waals surface area contributed by atoms with E-state index in [4.69, 9.17) is 9.15 Å². The topological polar surface area (TPSA) is 77.5 Å². The van der Waals surface area contributed by atoms with Crippen LogP contribution in [-0.2, 0) is 11.3 Å². The number of nitro groups is 1. The molecule has 6 heteroatoms. The van der Waals surface area contributed by atoms with Crippen molar-refractivity contribution in [2.75, 3.05) is 13.2 Å². The number of rotatable bonds is 5. The number of furan rings is 1. The van der Waals surface area contributed by atoms with Crippen molar-refractivity contribution >= 4 is 5.88 Å². The molecule has 1 aliphatic heterocycles. The molecule has 0 radical (unpaired) electrons. The van der Waals surface area contributed by atoms with Crippen molar-refractivity contribution in [3.8, 4) is 0 Å². The van der Waals surface area contributed by atoms with Gasteiger partial charge in [0.05, 0.1) is 19.2 Å². The summed E-state index contributed by atoms with van der Waals surface area (Å²) in [6.07, 6.45) is 1.06. The highest BCUT2D eigenvalue weighted by Crippen LogP contribution is 2.18. The van der Waals surface area contributed by atoms with Crippen LogP contribution < -0.4 is 5.32 Å². The van der Waals surface area contributed by atoms with Gasteiger partial charge in [0.2, 0.25) is 0 Å². The lowest BCUT2D eigenvalue weighted by molar-refractivity contribution is -0.402. The molecule has 0 bridgehead atoms. The second-order valence-corrected chi connectivity index (χ2v) is 4.29. The van der Waals surface area contributed by atoms with Gasteiger partial charge in [-0.05, 0) is 25.3 Å². The van der Waals surface area contributed by atoms with Gasteiger partial charge in [0.1, 0.15) is 10.7 Å². The molecule has 0 aliphatic carbocycles. The molecule has 1 saturated heterocycles. The van der Waals surface area contributed by atoms with E-state index < -0.39 is 4.92 Å². The van der Waals surface area contributed by atoms with E-state index >= 15 is 0 Å². The molecule has 17 heavy (non-hydrogen) atoms. The SMILES string of the molecule is CC(NCc1ccc([N+](=O)[O-])o1)C1CCOC1. The minimum atomic E-state index is -0.530. The van der Waals surface area contributed by atoms with Crippen LogP contribution in [0.3, 0.4) is 0 Å². The Balaban J connectivity index is 1.82. The molecule has 0 amide bonds. The zero-order valence-electron chi connectivity index (χ0n) is 9.72. The van der Waals surface area contributed by atoms with Gasteiger partial charge in [0, 0.05) is 12.6 Å². The maximum atomic E-state index is 10.4. The highest BCUT2D eigenvalue weighted by Gasteiger charge is 2.22. The Kier molecular flexibility index (Phi) is 3.75. The van der Waals surface area contributed by atoms with Gasteiger partial charge in [-0.2, -0.15) is 0 Å². The Labute approximate surface area is 99.1 Å². The Morgan fingerprint density at radius 2 is 2.47 bits per heavy atom. The fourth-order valence-corrected chi connectivity index (χ4v) is 1.94. The smallest absolute Gasteiger partial charge is 0.404 e. The lowest BCUT2D eigenvalue weighted by Crippen LogP contribution is -2.33. The molecule has 2 rings (SSSR count). The first-order chi connectivity index (χ1) is 8.16. The fourth-order valence-electron chi connectivity index (χ4n) is 1.94. The summed E-state index contributed by atoms with van der Waals surface area (Å²) in [6.45, 7) is 4.21. The largest absolute Gasteiger partial charge is 0.433 e. The average molecular weight is 240 g/mol. The normalized spacial score (nSPS) is 21.6. The van der Waals surface area contributed by atoms with E-state index in [1.165, 1.54) is 6.07 Å².